The van der Waals surface area contributed by atoms with Gasteiger partial charge < -0.3 is 9.73 Å². The van der Waals surface area contributed by atoms with Crippen LogP contribution in [0.25, 0.3) is 43.8 Å². The highest BCUT2D eigenvalue weighted by Crippen LogP contribution is 2.37. The summed E-state index contributed by atoms with van der Waals surface area (Å²) < 4.78 is 6.05. The third kappa shape index (κ3) is 2.73. The average molecular weight is 385 g/mol. The molecule has 5 aromatic carbocycles. The van der Waals surface area contributed by atoms with Crippen LogP contribution in [-0.4, -0.2) is 0 Å². The molecular formula is C28H19NO. The van der Waals surface area contributed by atoms with E-state index in [-0.39, 0.29) is 0 Å². The molecule has 0 atom stereocenters. The molecule has 30 heavy (non-hydrogen) atoms. The third-order valence-corrected chi connectivity index (χ3v) is 5.67. The van der Waals surface area contributed by atoms with Gasteiger partial charge in [0.1, 0.15) is 11.2 Å². The second kappa shape index (κ2) is 6.78. The number of furan rings is 1. The van der Waals surface area contributed by atoms with E-state index < -0.39 is 0 Å². The molecule has 1 N–H and O–H groups in total. The Labute approximate surface area is 174 Å². The van der Waals surface area contributed by atoms with Crippen molar-refractivity contribution in [3.05, 3.63) is 109 Å². The van der Waals surface area contributed by atoms with Gasteiger partial charge in [-0.2, -0.15) is 0 Å². The van der Waals surface area contributed by atoms with Crippen LogP contribution < -0.4 is 5.32 Å². The maximum atomic E-state index is 6.05. The number of rotatable bonds is 3. The van der Waals surface area contributed by atoms with Crippen LogP contribution in [0.2, 0.25) is 0 Å². The molecule has 0 aliphatic rings. The zero-order valence-electron chi connectivity index (χ0n) is 16.3. The summed E-state index contributed by atoms with van der Waals surface area (Å²) in [5.41, 5.74) is 6.45. The normalized spacial score (nSPS) is 11.3. The summed E-state index contributed by atoms with van der Waals surface area (Å²) >= 11 is 0. The van der Waals surface area contributed by atoms with Crippen molar-refractivity contribution in [3.63, 3.8) is 0 Å². The molecule has 142 valence electrons. The second-order valence-electron chi connectivity index (χ2n) is 7.51. The Bertz CT molecular complexity index is 1490. The van der Waals surface area contributed by atoms with E-state index in [2.05, 4.69) is 96.3 Å². The molecule has 1 aromatic heterocycles. The molecule has 0 bridgehead atoms. The van der Waals surface area contributed by atoms with E-state index in [4.69, 9.17) is 4.42 Å². The van der Waals surface area contributed by atoms with Gasteiger partial charge in [-0.05, 0) is 52.9 Å². The van der Waals surface area contributed by atoms with Crippen LogP contribution in [0.15, 0.2) is 114 Å². The zero-order chi connectivity index (χ0) is 19.9. The highest BCUT2D eigenvalue weighted by molar-refractivity contribution is 6.20. The molecule has 6 aromatic rings. The first-order valence-corrected chi connectivity index (χ1v) is 10.1. The van der Waals surface area contributed by atoms with Gasteiger partial charge in [0, 0.05) is 27.5 Å². The lowest BCUT2D eigenvalue weighted by atomic mass is 10.0. The van der Waals surface area contributed by atoms with E-state index in [1.54, 1.807) is 0 Å². The van der Waals surface area contributed by atoms with Crippen molar-refractivity contribution in [2.75, 3.05) is 5.32 Å². The average Bonchev–Trinajstić information content (AvgIpc) is 3.19. The van der Waals surface area contributed by atoms with Gasteiger partial charge in [-0.25, -0.2) is 0 Å². The molecule has 2 heteroatoms. The predicted octanol–water partition coefficient (Wildman–Crippen LogP) is 8.15. The van der Waals surface area contributed by atoms with Gasteiger partial charge in [-0.15, -0.1) is 0 Å². The lowest BCUT2D eigenvalue weighted by Gasteiger charge is -2.11. The number of nitrogens with one attached hydrogen (secondary N) is 1. The highest BCUT2D eigenvalue weighted by Gasteiger charge is 2.11. The van der Waals surface area contributed by atoms with Gasteiger partial charge in [0.15, 0.2) is 0 Å². The van der Waals surface area contributed by atoms with E-state index in [1.807, 2.05) is 18.2 Å². The Hall–Kier alpha value is -4.04. The molecule has 0 spiro atoms. The van der Waals surface area contributed by atoms with Gasteiger partial charge in [0.05, 0.1) is 0 Å². The molecule has 0 aliphatic heterocycles. The fourth-order valence-electron chi connectivity index (χ4n) is 4.22. The molecule has 1 heterocycles. The molecule has 0 aliphatic carbocycles. The summed E-state index contributed by atoms with van der Waals surface area (Å²) in [5, 5.41) is 8.31. The summed E-state index contributed by atoms with van der Waals surface area (Å²) in [6.45, 7) is 0. The van der Waals surface area contributed by atoms with Gasteiger partial charge >= 0.3 is 0 Å². The van der Waals surface area contributed by atoms with E-state index in [0.717, 1.165) is 27.9 Å². The number of fused-ring (bicyclic) bond motifs is 5. The SMILES string of the molecule is c1ccc(-c2ccc(Nc3cccc4c3ccc3oc5ccccc5c34)cc2)cc1. The molecule has 0 unspecified atom stereocenters. The fourth-order valence-corrected chi connectivity index (χ4v) is 4.22. The molecular weight excluding hydrogens is 366 g/mol. The Morgan fingerprint density at radius 1 is 0.467 bits per heavy atom. The van der Waals surface area contributed by atoms with Crippen LogP contribution in [0.5, 0.6) is 0 Å². The molecule has 2 nitrogen and oxygen atoms in total. The van der Waals surface area contributed by atoms with E-state index >= 15 is 0 Å². The van der Waals surface area contributed by atoms with Gasteiger partial charge in [0.25, 0.3) is 0 Å². The Morgan fingerprint density at radius 2 is 1.20 bits per heavy atom. The van der Waals surface area contributed by atoms with Crippen LogP contribution in [0.4, 0.5) is 11.4 Å². The number of benzene rings is 5. The van der Waals surface area contributed by atoms with Crippen molar-refractivity contribution in [1.82, 2.24) is 0 Å². The summed E-state index contributed by atoms with van der Waals surface area (Å²) in [6.07, 6.45) is 0. The minimum atomic E-state index is 0.924. The molecule has 0 fully saturated rings. The minimum Gasteiger partial charge on any atom is -0.456 e. The highest BCUT2D eigenvalue weighted by atomic mass is 16.3. The molecule has 0 radical (unpaired) electrons. The number of hydrogen-bond acceptors (Lipinski definition) is 2. The van der Waals surface area contributed by atoms with Gasteiger partial charge in [0.2, 0.25) is 0 Å². The van der Waals surface area contributed by atoms with Crippen LogP contribution in [0, 0.1) is 0 Å². The summed E-state index contributed by atoms with van der Waals surface area (Å²) in [5.74, 6) is 0. The lowest BCUT2D eigenvalue weighted by Crippen LogP contribution is -1.91. The first-order chi connectivity index (χ1) is 14.9. The second-order valence-corrected chi connectivity index (χ2v) is 7.51. The fraction of sp³-hybridized carbons (Fsp3) is 0. The van der Waals surface area contributed by atoms with Crippen LogP contribution in [-0.2, 0) is 0 Å². The molecule has 6 rings (SSSR count). The summed E-state index contributed by atoms with van der Waals surface area (Å²) in [7, 11) is 0. The van der Waals surface area contributed by atoms with Crippen molar-refractivity contribution in [2.24, 2.45) is 0 Å². The van der Waals surface area contributed by atoms with Crippen LogP contribution in [0.1, 0.15) is 0 Å². The van der Waals surface area contributed by atoms with Crippen LogP contribution in [0.3, 0.4) is 0 Å². The van der Waals surface area contributed by atoms with Gasteiger partial charge in [-0.3, -0.25) is 0 Å². The van der Waals surface area contributed by atoms with Crippen molar-refractivity contribution in [1.29, 1.82) is 0 Å². The number of para-hydroxylation sites is 1. The predicted molar refractivity (Wildman–Crippen MR) is 126 cm³/mol. The van der Waals surface area contributed by atoms with Crippen molar-refractivity contribution in [3.8, 4) is 11.1 Å². The topological polar surface area (TPSA) is 25.2 Å². The van der Waals surface area contributed by atoms with E-state index in [1.165, 1.54) is 27.3 Å². The minimum absolute atomic E-state index is 0.924. The smallest absolute Gasteiger partial charge is 0.136 e. The Morgan fingerprint density at radius 3 is 2.07 bits per heavy atom. The summed E-state index contributed by atoms with van der Waals surface area (Å²) in [4.78, 5) is 0. The first kappa shape index (κ1) is 16.9. The van der Waals surface area contributed by atoms with Crippen molar-refractivity contribution < 1.29 is 4.42 Å². The zero-order valence-corrected chi connectivity index (χ0v) is 16.3. The van der Waals surface area contributed by atoms with Crippen molar-refractivity contribution >= 4 is 44.1 Å². The summed E-state index contributed by atoms with van der Waals surface area (Å²) in [6, 6.07) is 37.9. The third-order valence-electron chi connectivity index (χ3n) is 5.67. The van der Waals surface area contributed by atoms with Crippen molar-refractivity contribution in [2.45, 2.75) is 0 Å². The van der Waals surface area contributed by atoms with E-state index in [9.17, 15) is 0 Å². The number of hydrogen-bond donors (Lipinski definition) is 1. The van der Waals surface area contributed by atoms with E-state index in [0.29, 0.717) is 0 Å². The Balaban J connectivity index is 1.43. The van der Waals surface area contributed by atoms with Crippen LogP contribution >= 0.6 is 0 Å². The largest absolute Gasteiger partial charge is 0.456 e. The molecule has 0 saturated carbocycles. The maximum absolute atomic E-state index is 6.05. The van der Waals surface area contributed by atoms with Gasteiger partial charge in [-0.1, -0.05) is 72.8 Å². The number of anilines is 2. The monoisotopic (exact) mass is 385 g/mol. The Kier molecular flexibility index (Phi) is 3.82. The lowest BCUT2D eigenvalue weighted by molar-refractivity contribution is 0.669. The maximum Gasteiger partial charge on any atom is 0.136 e. The molecule has 0 amide bonds. The standard InChI is InChI=1S/C28H19NO/c1-2-7-19(8-3-1)20-13-15-21(16-14-20)29-25-11-6-10-23-22(25)17-18-27-28(23)24-9-4-5-12-26(24)30-27/h1-18,29H. The first-order valence-electron chi connectivity index (χ1n) is 10.1. The quantitative estimate of drug-likeness (QED) is 0.332. The molecule has 0 saturated heterocycles.